The average molecular weight is 249 g/mol. The van der Waals surface area contributed by atoms with E-state index in [0.29, 0.717) is 24.7 Å². The number of oxazole rings is 1. The number of hydrogen-bond donors (Lipinski definition) is 1. The van der Waals surface area contributed by atoms with Crippen LogP contribution in [0.2, 0.25) is 0 Å². The third-order valence-corrected chi connectivity index (χ3v) is 2.60. The predicted octanol–water partition coefficient (Wildman–Crippen LogP) is 1.87. The summed E-state index contributed by atoms with van der Waals surface area (Å²) in [4.78, 5) is 6.22. The zero-order chi connectivity index (χ0) is 13.0. The van der Waals surface area contributed by atoms with E-state index in [2.05, 4.69) is 4.98 Å². The summed E-state index contributed by atoms with van der Waals surface area (Å²) < 4.78 is 18.4. The van der Waals surface area contributed by atoms with Gasteiger partial charge in [-0.3, -0.25) is 4.90 Å². The van der Waals surface area contributed by atoms with Gasteiger partial charge in [-0.1, -0.05) is 0 Å². The van der Waals surface area contributed by atoms with Gasteiger partial charge in [0.15, 0.2) is 5.76 Å². The summed E-state index contributed by atoms with van der Waals surface area (Å²) in [6.07, 6.45) is 1.65. The van der Waals surface area contributed by atoms with Gasteiger partial charge in [-0.2, -0.15) is 0 Å². The van der Waals surface area contributed by atoms with Crippen molar-refractivity contribution in [3.05, 3.63) is 42.2 Å². The van der Waals surface area contributed by atoms with Crippen LogP contribution in [0.3, 0.4) is 0 Å². The molecule has 1 aromatic carbocycles. The van der Waals surface area contributed by atoms with Crippen LogP contribution in [-0.4, -0.2) is 30.0 Å². The minimum absolute atomic E-state index is 0.263. The Balaban J connectivity index is 2.08. The molecule has 0 aliphatic heterocycles. The van der Waals surface area contributed by atoms with Gasteiger partial charge in [-0.15, -0.1) is 0 Å². The lowest BCUT2D eigenvalue weighted by molar-refractivity contribution is 0.297. The summed E-state index contributed by atoms with van der Waals surface area (Å²) in [6, 6.07) is 6.14. The van der Waals surface area contributed by atoms with Crippen LogP contribution in [0.25, 0.3) is 11.3 Å². The molecule has 18 heavy (non-hydrogen) atoms. The highest BCUT2D eigenvalue weighted by Gasteiger charge is 2.08. The zero-order valence-electron chi connectivity index (χ0n) is 10.3. The number of halogens is 1. The number of aromatic nitrogens is 1. The van der Waals surface area contributed by atoms with Gasteiger partial charge in [-0.05, 0) is 31.3 Å². The van der Waals surface area contributed by atoms with Gasteiger partial charge < -0.3 is 10.2 Å². The van der Waals surface area contributed by atoms with Crippen LogP contribution in [0.15, 0.2) is 34.9 Å². The summed E-state index contributed by atoms with van der Waals surface area (Å²) in [5.74, 6) is 1.01. The zero-order valence-corrected chi connectivity index (χ0v) is 10.3. The molecular weight excluding hydrogens is 233 g/mol. The molecule has 0 spiro atoms. The molecule has 0 saturated carbocycles. The molecule has 0 radical (unpaired) electrons. The van der Waals surface area contributed by atoms with Gasteiger partial charge in [-0.25, -0.2) is 9.37 Å². The second-order valence-electron chi connectivity index (χ2n) is 4.15. The molecule has 0 aliphatic rings. The Morgan fingerprint density at radius 1 is 1.33 bits per heavy atom. The molecule has 0 aliphatic carbocycles. The fourth-order valence-electron chi connectivity index (χ4n) is 1.66. The number of hydrogen-bond acceptors (Lipinski definition) is 4. The molecule has 0 bridgehead atoms. The van der Waals surface area contributed by atoms with E-state index in [4.69, 9.17) is 10.2 Å². The van der Waals surface area contributed by atoms with Crippen LogP contribution in [0.5, 0.6) is 0 Å². The molecule has 0 fully saturated rings. The highest BCUT2D eigenvalue weighted by atomic mass is 19.1. The highest BCUT2D eigenvalue weighted by molar-refractivity contribution is 5.55. The van der Waals surface area contributed by atoms with Crippen LogP contribution in [-0.2, 0) is 6.54 Å². The summed E-state index contributed by atoms with van der Waals surface area (Å²) in [5.41, 5.74) is 6.28. The van der Waals surface area contributed by atoms with E-state index in [0.717, 1.165) is 12.1 Å². The topological polar surface area (TPSA) is 55.3 Å². The van der Waals surface area contributed by atoms with Gasteiger partial charge >= 0.3 is 0 Å². The minimum Gasteiger partial charge on any atom is -0.439 e. The van der Waals surface area contributed by atoms with E-state index < -0.39 is 0 Å². The summed E-state index contributed by atoms with van der Waals surface area (Å²) in [6.45, 7) is 1.99. The lowest BCUT2D eigenvalue weighted by atomic mass is 10.2. The van der Waals surface area contributed by atoms with Crippen LogP contribution in [0.4, 0.5) is 4.39 Å². The predicted molar refractivity (Wildman–Crippen MR) is 67.3 cm³/mol. The monoisotopic (exact) mass is 249 g/mol. The number of benzene rings is 1. The average Bonchev–Trinajstić information content (AvgIpc) is 2.78. The molecular formula is C13H16FN3O. The van der Waals surface area contributed by atoms with Crippen molar-refractivity contribution >= 4 is 0 Å². The van der Waals surface area contributed by atoms with Crippen molar-refractivity contribution in [2.45, 2.75) is 6.54 Å². The first-order valence-electron chi connectivity index (χ1n) is 5.78. The van der Waals surface area contributed by atoms with Crippen molar-refractivity contribution in [3.8, 4) is 11.3 Å². The summed E-state index contributed by atoms with van der Waals surface area (Å²) in [5, 5.41) is 0. The van der Waals surface area contributed by atoms with Crippen molar-refractivity contribution in [3.63, 3.8) is 0 Å². The Morgan fingerprint density at radius 3 is 2.72 bits per heavy atom. The highest BCUT2D eigenvalue weighted by Crippen LogP contribution is 2.20. The Labute approximate surface area is 105 Å². The SMILES string of the molecule is CN(CCN)Cc1ncc(-c2ccc(F)cc2)o1. The van der Waals surface area contributed by atoms with Crippen LogP contribution in [0.1, 0.15) is 5.89 Å². The summed E-state index contributed by atoms with van der Waals surface area (Å²) >= 11 is 0. The van der Waals surface area contributed by atoms with Crippen molar-refractivity contribution in [2.75, 3.05) is 20.1 Å². The Bertz CT molecular complexity index is 495. The molecule has 2 rings (SSSR count). The molecule has 2 N–H and O–H groups in total. The second-order valence-corrected chi connectivity index (χ2v) is 4.15. The van der Waals surface area contributed by atoms with E-state index in [1.807, 2.05) is 11.9 Å². The normalized spacial score (nSPS) is 11.1. The molecule has 5 heteroatoms. The summed E-state index contributed by atoms with van der Waals surface area (Å²) in [7, 11) is 1.95. The van der Waals surface area contributed by atoms with Crippen LogP contribution in [0, 0.1) is 5.82 Å². The quantitative estimate of drug-likeness (QED) is 0.879. The molecule has 1 heterocycles. The third-order valence-electron chi connectivity index (χ3n) is 2.60. The van der Waals surface area contributed by atoms with Crippen molar-refractivity contribution in [1.82, 2.24) is 9.88 Å². The molecule has 1 aromatic heterocycles. The Hall–Kier alpha value is -1.72. The van der Waals surface area contributed by atoms with Crippen LogP contribution >= 0.6 is 0 Å². The smallest absolute Gasteiger partial charge is 0.209 e. The first kappa shape index (κ1) is 12.7. The van der Waals surface area contributed by atoms with E-state index in [9.17, 15) is 4.39 Å². The first-order valence-corrected chi connectivity index (χ1v) is 5.78. The standard InChI is InChI=1S/C13H16FN3O/c1-17(7-6-15)9-13-16-8-12(18-13)10-2-4-11(14)5-3-10/h2-5,8H,6-7,9,15H2,1H3. The number of nitrogens with zero attached hydrogens (tertiary/aromatic N) is 2. The van der Waals surface area contributed by atoms with Gasteiger partial charge in [0.2, 0.25) is 5.89 Å². The van der Waals surface area contributed by atoms with Crippen molar-refractivity contribution < 1.29 is 8.81 Å². The van der Waals surface area contributed by atoms with Crippen molar-refractivity contribution in [2.24, 2.45) is 5.73 Å². The molecule has 96 valence electrons. The second kappa shape index (κ2) is 5.75. The van der Waals surface area contributed by atoms with Crippen molar-refractivity contribution in [1.29, 1.82) is 0 Å². The Kier molecular flexibility index (Phi) is 4.07. The van der Waals surface area contributed by atoms with Gasteiger partial charge in [0.25, 0.3) is 0 Å². The lowest BCUT2D eigenvalue weighted by Gasteiger charge is -2.11. The lowest BCUT2D eigenvalue weighted by Crippen LogP contribution is -2.25. The first-order chi connectivity index (χ1) is 8.69. The third kappa shape index (κ3) is 3.15. The van der Waals surface area contributed by atoms with Gasteiger partial charge in [0, 0.05) is 18.7 Å². The number of nitrogens with two attached hydrogens (primary N) is 1. The number of likely N-dealkylation sites (N-methyl/N-ethyl adjacent to an activating group) is 1. The molecule has 4 nitrogen and oxygen atoms in total. The molecule has 0 amide bonds. The van der Waals surface area contributed by atoms with Gasteiger partial charge in [0.1, 0.15) is 5.82 Å². The number of rotatable bonds is 5. The molecule has 2 aromatic rings. The van der Waals surface area contributed by atoms with E-state index in [-0.39, 0.29) is 5.82 Å². The fourth-order valence-corrected chi connectivity index (χ4v) is 1.66. The Morgan fingerprint density at radius 2 is 2.06 bits per heavy atom. The van der Waals surface area contributed by atoms with E-state index >= 15 is 0 Å². The van der Waals surface area contributed by atoms with Crippen LogP contribution < -0.4 is 5.73 Å². The van der Waals surface area contributed by atoms with E-state index in [1.165, 1.54) is 12.1 Å². The minimum atomic E-state index is -0.263. The molecule has 0 saturated heterocycles. The maximum Gasteiger partial charge on any atom is 0.209 e. The maximum atomic E-state index is 12.8. The van der Waals surface area contributed by atoms with Gasteiger partial charge in [0.05, 0.1) is 12.7 Å². The molecule has 0 unspecified atom stereocenters. The maximum absolute atomic E-state index is 12.8. The largest absolute Gasteiger partial charge is 0.439 e. The fraction of sp³-hybridized carbons (Fsp3) is 0.308. The molecule has 0 atom stereocenters. The van der Waals surface area contributed by atoms with E-state index in [1.54, 1.807) is 18.3 Å².